The van der Waals surface area contributed by atoms with E-state index in [1.54, 1.807) is 13.3 Å². The predicted octanol–water partition coefficient (Wildman–Crippen LogP) is 2.00. The molecule has 0 unspecified atom stereocenters. The van der Waals surface area contributed by atoms with Gasteiger partial charge < -0.3 is 14.6 Å². The van der Waals surface area contributed by atoms with E-state index in [4.69, 9.17) is 4.74 Å². The zero-order valence-electron chi connectivity index (χ0n) is 15.5. The molecule has 1 N–H and O–H groups in total. The number of methoxy groups -OCH3 is 1. The summed E-state index contributed by atoms with van der Waals surface area (Å²) in [5.74, 6) is 1.84. The smallest absolute Gasteiger partial charge is 0.234 e. The highest BCUT2D eigenvalue weighted by molar-refractivity contribution is 5.78. The van der Waals surface area contributed by atoms with E-state index < -0.39 is 0 Å². The lowest BCUT2D eigenvalue weighted by molar-refractivity contribution is -0.122. The van der Waals surface area contributed by atoms with Crippen molar-refractivity contribution in [3.8, 4) is 5.75 Å². The van der Waals surface area contributed by atoms with Gasteiger partial charge in [-0.15, -0.1) is 0 Å². The lowest BCUT2D eigenvalue weighted by Gasteiger charge is -2.25. The largest absolute Gasteiger partial charge is 0.497 e. The van der Waals surface area contributed by atoms with Gasteiger partial charge in [-0.05, 0) is 38.0 Å². The van der Waals surface area contributed by atoms with Crippen molar-refractivity contribution in [1.29, 1.82) is 0 Å². The zero-order valence-corrected chi connectivity index (χ0v) is 15.5. The highest BCUT2D eigenvalue weighted by atomic mass is 16.5. The van der Waals surface area contributed by atoms with Crippen LogP contribution in [0.3, 0.4) is 0 Å². The Labute approximate surface area is 149 Å². The second kappa shape index (κ2) is 9.22. The molecule has 1 aromatic carbocycles. The molecule has 0 aliphatic rings. The topological polar surface area (TPSA) is 59.4 Å². The van der Waals surface area contributed by atoms with Crippen LogP contribution >= 0.6 is 0 Å². The molecule has 0 aliphatic carbocycles. The molecule has 0 radical (unpaired) electrons. The van der Waals surface area contributed by atoms with Crippen LogP contribution in [0.4, 0.5) is 0 Å². The molecular formula is C19H28N4O2. The summed E-state index contributed by atoms with van der Waals surface area (Å²) < 4.78 is 7.13. The Morgan fingerprint density at radius 3 is 2.60 bits per heavy atom. The molecule has 0 spiro atoms. The van der Waals surface area contributed by atoms with Gasteiger partial charge in [0.05, 0.1) is 20.2 Å². The molecule has 0 fully saturated rings. The molecule has 0 aliphatic heterocycles. The van der Waals surface area contributed by atoms with E-state index in [9.17, 15) is 4.79 Å². The van der Waals surface area contributed by atoms with Crippen LogP contribution in [0.5, 0.6) is 5.75 Å². The minimum atomic E-state index is 0.0384. The van der Waals surface area contributed by atoms with Gasteiger partial charge in [-0.2, -0.15) is 0 Å². The number of carbonyl (C=O) groups excluding carboxylic acids is 1. The monoisotopic (exact) mass is 344 g/mol. The maximum atomic E-state index is 12.3. The van der Waals surface area contributed by atoms with Crippen molar-refractivity contribution >= 4 is 5.91 Å². The van der Waals surface area contributed by atoms with Crippen molar-refractivity contribution in [1.82, 2.24) is 19.8 Å². The van der Waals surface area contributed by atoms with Crippen molar-refractivity contribution in [3.63, 3.8) is 0 Å². The molecule has 6 heteroatoms. The Morgan fingerprint density at radius 2 is 2.04 bits per heavy atom. The molecule has 1 heterocycles. The summed E-state index contributed by atoms with van der Waals surface area (Å²) in [5.41, 5.74) is 1.18. The van der Waals surface area contributed by atoms with Crippen molar-refractivity contribution < 1.29 is 9.53 Å². The van der Waals surface area contributed by atoms with Crippen molar-refractivity contribution in [2.24, 2.45) is 7.05 Å². The fraction of sp³-hybridized carbons (Fsp3) is 0.474. The maximum Gasteiger partial charge on any atom is 0.234 e. The molecule has 0 saturated heterocycles. The summed E-state index contributed by atoms with van der Waals surface area (Å²) in [5, 5.41) is 3.00. The Morgan fingerprint density at radius 1 is 1.32 bits per heavy atom. The first kappa shape index (κ1) is 19.0. The van der Waals surface area contributed by atoms with Crippen molar-refractivity contribution in [2.75, 3.05) is 20.2 Å². The fourth-order valence-corrected chi connectivity index (χ4v) is 2.53. The number of aromatic nitrogens is 2. The van der Waals surface area contributed by atoms with E-state index in [2.05, 4.69) is 29.0 Å². The van der Waals surface area contributed by atoms with Crippen molar-refractivity contribution in [2.45, 2.75) is 32.9 Å². The van der Waals surface area contributed by atoms with Gasteiger partial charge in [0.1, 0.15) is 11.6 Å². The number of nitrogens with one attached hydrogen (secondary N) is 1. The third kappa shape index (κ3) is 5.90. The second-order valence-electron chi connectivity index (χ2n) is 6.40. The lowest BCUT2D eigenvalue weighted by Crippen LogP contribution is -2.41. The third-order valence-electron chi connectivity index (χ3n) is 4.24. The minimum Gasteiger partial charge on any atom is -0.497 e. The van der Waals surface area contributed by atoms with E-state index in [1.807, 2.05) is 42.1 Å². The van der Waals surface area contributed by atoms with E-state index in [1.165, 1.54) is 5.56 Å². The number of imidazole rings is 1. The fourth-order valence-electron chi connectivity index (χ4n) is 2.53. The molecule has 2 aromatic rings. The quantitative estimate of drug-likeness (QED) is 0.756. The number of ether oxygens (including phenoxy) is 1. The van der Waals surface area contributed by atoms with Crippen LogP contribution in [0.1, 0.15) is 25.2 Å². The SMILES string of the molecule is COc1ccc(CCNC(=O)CN(Cc2nccn2C)C(C)C)cc1. The Hall–Kier alpha value is -2.34. The summed E-state index contributed by atoms with van der Waals surface area (Å²) in [4.78, 5) is 18.7. The highest BCUT2D eigenvalue weighted by Gasteiger charge is 2.16. The van der Waals surface area contributed by atoms with E-state index in [0.29, 0.717) is 19.6 Å². The normalized spacial score (nSPS) is 11.1. The van der Waals surface area contributed by atoms with Gasteiger partial charge in [0.25, 0.3) is 0 Å². The molecule has 0 bridgehead atoms. The average Bonchev–Trinajstić information content (AvgIpc) is 2.99. The van der Waals surface area contributed by atoms with Crippen LogP contribution in [0.25, 0.3) is 0 Å². The third-order valence-corrected chi connectivity index (χ3v) is 4.24. The second-order valence-corrected chi connectivity index (χ2v) is 6.40. The van der Waals surface area contributed by atoms with Gasteiger partial charge in [0.2, 0.25) is 5.91 Å². The molecule has 1 amide bonds. The first-order chi connectivity index (χ1) is 12.0. The van der Waals surface area contributed by atoms with Crippen molar-refractivity contribution in [3.05, 3.63) is 48.0 Å². The average molecular weight is 344 g/mol. The number of rotatable bonds is 9. The molecular weight excluding hydrogens is 316 g/mol. The Balaban J connectivity index is 1.79. The molecule has 0 atom stereocenters. The van der Waals surface area contributed by atoms with Crippen LogP contribution in [0.15, 0.2) is 36.7 Å². The summed E-state index contributed by atoms with van der Waals surface area (Å²) in [6.07, 6.45) is 4.50. The summed E-state index contributed by atoms with van der Waals surface area (Å²) in [6, 6.07) is 8.18. The maximum absolute atomic E-state index is 12.3. The molecule has 0 saturated carbocycles. The Kier molecular flexibility index (Phi) is 7.01. The molecule has 25 heavy (non-hydrogen) atoms. The van der Waals surface area contributed by atoms with Crippen LogP contribution < -0.4 is 10.1 Å². The van der Waals surface area contributed by atoms with Gasteiger partial charge in [-0.1, -0.05) is 12.1 Å². The summed E-state index contributed by atoms with van der Waals surface area (Å²) >= 11 is 0. The van der Waals surface area contributed by atoms with Gasteiger partial charge in [-0.3, -0.25) is 9.69 Å². The van der Waals surface area contributed by atoms with Gasteiger partial charge >= 0.3 is 0 Å². The molecule has 136 valence electrons. The van der Waals surface area contributed by atoms with E-state index >= 15 is 0 Å². The number of nitrogens with zero attached hydrogens (tertiary/aromatic N) is 3. The number of hydrogen-bond donors (Lipinski definition) is 1. The van der Waals surface area contributed by atoms with Crippen LogP contribution in [-0.4, -0.2) is 46.6 Å². The lowest BCUT2D eigenvalue weighted by atomic mass is 10.1. The highest BCUT2D eigenvalue weighted by Crippen LogP contribution is 2.11. The molecule has 6 nitrogen and oxygen atoms in total. The number of benzene rings is 1. The number of aryl methyl sites for hydroxylation is 1. The first-order valence-electron chi connectivity index (χ1n) is 8.59. The van der Waals surface area contributed by atoms with Gasteiger partial charge in [0, 0.05) is 32.0 Å². The van der Waals surface area contributed by atoms with Gasteiger partial charge in [0.15, 0.2) is 0 Å². The summed E-state index contributed by atoms with van der Waals surface area (Å²) in [7, 11) is 3.62. The van der Waals surface area contributed by atoms with Gasteiger partial charge in [-0.25, -0.2) is 4.98 Å². The molecule has 1 aromatic heterocycles. The number of hydrogen-bond acceptors (Lipinski definition) is 4. The number of amides is 1. The van der Waals surface area contributed by atoms with Crippen LogP contribution in [0.2, 0.25) is 0 Å². The van der Waals surface area contributed by atoms with E-state index in [0.717, 1.165) is 18.0 Å². The standard InChI is InChI=1S/C19H28N4O2/c1-15(2)23(13-18-20-11-12-22(18)3)14-19(24)21-10-9-16-5-7-17(25-4)8-6-16/h5-8,11-12,15H,9-10,13-14H2,1-4H3,(H,21,24). The van der Waals surface area contributed by atoms with E-state index in [-0.39, 0.29) is 11.9 Å². The number of carbonyl (C=O) groups is 1. The molecule has 2 rings (SSSR count). The zero-order chi connectivity index (χ0) is 18.2. The minimum absolute atomic E-state index is 0.0384. The Bertz CT molecular complexity index is 664. The van der Waals surface area contributed by atoms with Crippen LogP contribution in [0, 0.1) is 0 Å². The summed E-state index contributed by atoms with van der Waals surface area (Å²) in [6.45, 7) is 5.83. The first-order valence-corrected chi connectivity index (χ1v) is 8.59. The predicted molar refractivity (Wildman–Crippen MR) is 98.5 cm³/mol. The van der Waals surface area contributed by atoms with Crippen LogP contribution in [-0.2, 0) is 24.8 Å².